The Morgan fingerprint density at radius 1 is 1.15 bits per heavy atom. The number of hydrogen-bond acceptors (Lipinski definition) is 8. The number of aliphatic hydroxyl groups excluding tert-OH is 1. The van der Waals surface area contributed by atoms with Crippen molar-refractivity contribution in [2.75, 3.05) is 26.1 Å². The lowest BCUT2D eigenvalue weighted by molar-refractivity contribution is -0.199. The van der Waals surface area contributed by atoms with Crippen LogP contribution in [0, 0.1) is 0 Å². The number of fused-ring (bicyclic) bond motifs is 2. The number of aryl methyl sites for hydroxylation is 1. The summed E-state index contributed by atoms with van der Waals surface area (Å²) in [7, 11) is 2.27. The summed E-state index contributed by atoms with van der Waals surface area (Å²) in [4.78, 5) is 24.9. The molecule has 1 atom stereocenters. The number of carbonyl (C=O) groups excluding carboxylic acids is 2. The van der Waals surface area contributed by atoms with Crippen molar-refractivity contribution in [3.05, 3.63) is 52.0 Å². The highest BCUT2D eigenvalue weighted by Crippen LogP contribution is 2.50. The van der Waals surface area contributed by atoms with E-state index in [0.717, 1.165) is 51.0 Å². The molecule has 2 N–H and O–H groups in total. The third-order valence-electron chi connectivity index (χ3n) is 5.68. The lowest BCUT2D eigenvalue weighted by atomic mass is 9.89. The summed E-state index contributed by atoms with van der Waals surface area (Å²) in [6, 6.07) is 8.76. The molecule has 1 heterocycles. The van der Waals surface area contributed by atoms with Crippen LogP contribution in [0.15, 0.2) is 30.3 Å². The molecular weight excluding hydrogens is 473 g/mol. The molecule has 2 aromatic carbocycles. The van der Waals surface area contributed by atoms with Crippen molar-refractivity contribution < 1.29 is 33.6 Å². The third-order valence-corrected chi connectivity index (χ3v) is 5.92. The van der Waals surface area contributed by atoms with E-state index in [1.807, 2.05) is 0 Å². The van der Waals surface area contributed by atoms with E-state index in [2.05, 4.69) is 5.32 Å². The van der Waals surface area contributed by atoms with Crippen LogP contribution in [0.5, 0.6) is 11.5 Å². The van der Waals surface area contributed by atoms with Gasteiger partial charge in [-0.05, 0) is 60.6 Å². The fourth-order valence-electron chi connectivity index (χ4n) is 4.09. The molecule has 0 bridgehead atoms. The van der Waals surface area contributed by atoms with Crippen LogP contribution < -0.4 is 14.8 Å². The van der Waals surface area contributed by atoms with Crippen LogP contribution in [-0.4, -0.2) is 43.6 Å². The first-order valence-electron chi connectivity index (χ1n) is 10.3. The quantitative estimate of drug-likeness (QED) is 0.460. The second kappa shape index (κ2) is 10.1. The highest BCUT2D eigenvalue weighted by molar-refractivity contribution is 6.30. The largest absolute Gasteiger partial charge is 0.463 e. The zero-order chi connectivity index (χ0) is 22.9. The number of halogens is 2. The lowest BCUT2D eigenvalue weighted by Gasteiger charge is -2.23. The summed E-state index contributed by atoms with van der Waals surface area (Å²) in [5.74, 6) is -3.98. The van der Waals surface area contributed by atoms with Crippen molar-refractivity contribution in [2.45, 2.75) is 37.6 Å². The van der Waals surface area contributed by atoms with Gasteiger partial charge in [-0.1, -0.05) is 23.7 Å². The molecule has 8 nitrogen and oxygen atoms in total. The Labute approximate surface area is 202 Å². The zero-order valence-corrected chi connectivity index (χ0v) is 19.8. The lowest BCUT2D eigenvalue weighted by Crippen LogP contribution is -2.55. The zero-order valence-electron chi connectivity index (χ0n) is 18.2. The summed E-state index contributed by atoms with van der Waals surface area (Å²) in [6.45, 7) is 0.149. The Kier molecular flexibility index (Phi) is 7.62. The predicted molar refractivity (Wildman–Crippen MR) is 123 cm³/mol. The van der Waals surface area contributed by atoms with Gasteiger partial charge in [0.1, 0.15) is 0 Å². The number of benzene rings is 2. The maximum absolute atomic E-state index is 12.5. The van der Waals surface area contributed by atoms with Crippen LogP contribution in [0.2, 0.25) is 5.02 Å². The van der Waals surface area contributed by atoms with E-state index in [1.54, 1.807) is 30.3 Å². The Balaban J connectivity index is 0.00000306. The Bertz CT molecular complexity index is 1040. The van der Waals surface area contributed by atoms with E-state index in [-0.39, 0.29) is 30.5 Å². The van der Waals surface area contributed by atoms with Crippen LogP contribution >= 0.6 is 24.0 Å². The van der Waals surface area contributed by atoms with Gasteiger partial charge >= 0.3 is 17.7 Å². The molecule has 10 heteroatoms. The number of anilines is 1. The highest BCUT2D eigenvalue weighted by Gasteiger charge is 2.60. The minimum atomic E-state index is -2.38. The van der Waals surface area contributed by atoms with E-state index < -0.39 is 23.8 Å². The van der Waals surface area contributed by atoms with Gasteiger partial charge in [0, 0.05) is 11.6 Å². The first-order chi connectivity index (χ1) is 15.4. The van der Waals surface area contributed by atoms with Crippen molar-refractivity contribution >= 4 is 41.6 Å². The minimum absolute atomic E-state index is 0. The van der Waals surface area contributed by atoms with E-state index in [0.29, 0.717) is 16.3 Å². The van der Waals surface area contributed by atoms with Crippen LogP contribution in [0.25, 0.3) is 0 Å². The molecule has 0 saturated carbocycles. The van der Waals surface area contributed by atoms with E-state index in [9.17, 15) is 14.7 Å². The van der Waals surface area contributed by atoms with E-state index in [1.165, 1.54) is 0 Å². The fraction of sp³-hybridized carbons (Fsp3) is 0.391. The summed E-state index contributed by atoms with van der Waals surface area (Å²) in [5.41, 5.74) is 3.27. The van der Waals surface area contributed by atoms with Gasteiger partial charge in [-0.3, -0.25) is 0 Å². The van der Waals surface area contributed by atoms with Gasteiger partial charge < -0.3 is 29.4 Å². The average molecular weight is 498 g/mol. The summed E-state index contributed by atoms with van der Waals surface area (Å²) in [6.07, 6.45) is 2.75. The van der Waals surface area contributed by atoms with Crippen LogP contribution in [0.1, 0.15) is 35.6 Å². The standard InChI is InChI=1S/C23H24ClNO7.ClH/c1-29-21(27)23(22(28)30-2)31-18-11-13-6-3-4-9-16(13)19(20(18)32-23)25-12-17(26)14-7-5-8-15(24)10-14;/h5,7-8,10-11,17,25-26H,3-4,6,9,12H2,1-2H3;1H. The number of aliphatic hydroxyl groups is 1. The molecule has 0 spiro atoms. The van der Waals surface area contributed by atoms with Crippen LogP contribution in [0.4, 0.5) is 5.69 Å². The predicted octanol–water partition coefficient (Wildman–Crippen LogP) is 3.60. The smallest absolute Gasteiger partial charge is 0.453 e. The SMILES string of the molecule is COC(=O)C1(C(=O)OC)Oc2cc3c(c(NCC(O)c4cccc(Cl)c4)c2O1)CCCC3.Cl. The van der Waals surface area contributed by atoms with Gasteiger partial charge in [0.2, 0.25) is 0 Å². The molecule has 0 radical (unpaired) electrons. The summed E-state index contributed by atoms with van der Waals surface area (Å²) in [5, 5.41) is 14.4. The molecule has 2 aromatic rings. The summed E-state index contributed by atoms with van der Waals surface area (Å²) < 4.78 is 21.1. The van der Waals surface area contributed by atoms with Gasteiger partial charge in [-0.25, -0.2) is 9.59 Å². The van der Waals surface area contributed by atoms with Crippen molar-refractivity contribution in [1.29, 1.82) is 0 Å². The van der Waals surface area contributed by atoms with Crippen molar-refractivity contribution in [2.24, 2.45) is 0 Å². The second-order valence-electron chi connectivity index (χ2n) is 7.68. The average Bonchev–Trinajstić information content (AvgIpc) is 3.20. The Morgan fingerprint density at radius 3 is 2.52 bits per heavy atom. The van der Waals surface area contributed by atoms with E-state index >= 15 is 0 Å². The molecule has 0 fully saturated rings. The molecule has 0 amide bonds. The maximum atomic E-state index is 12.5. The number of hydrogen-bond donors (Lipinski definition) is 2. The minimum Gasteiger partial charge on any atom is -0.463 e. The fourth-order valence-corrected chi connectivity index (χ4v) is 4.29. The van der Waals surface area contributed by atoms with E-state index in [4.69, 9.17) is 30.5 Å². The second-order valence-corrected chi connectivity index (χ2v) is 8.12. The number of rotatable bonds is 6. The van der Waals surface area contributed by atoms with Gasteiger partial charge in [-0.15, -0.1) is 12.4 Å². The van der Waals surface area contributed by atoms with Gasteiger partial charge in [0.25, 0.3) is 0 Å². The maximum Gasteiger partial charge on any atom is 0.453 e. The first kappa shape index (κ1) is 25.0. The number of esters is 2. The molecule has 1 aliphatic carbocycles. The van der Waals surface area contributed by atoms with Crippen LogP contribution in [-0.2, 0) is 31.9 Å². The molecule has 0 saturated heterocycles. The molecule has 1 aliphatic heterocycles. The van der Waals surface area contributed by atoms with Crippen molar-refractivity contribution in [3.8, 4) is 11.5 Å². The number of methoxy groups -OCH3 is 2. The summed E-state index contributed by atoms with van der Waals surface area (Å²) >= 11 is 6.04. The third kappa shape index (κ3) is 4.55. The molecule has 0 aromatic heterocycles. The van der Waals surface area contributed by atoms with Crippen molar-refractivity contribution in [3.63, 3.8) is 0 Å². The van der Waals surface area contributed by atoms with Gasteiger partial charge in [-0.2, -0.15) is 0 Å². The Hall–Kier alpha value is -2.68. The number of nitrogens with one attached hydrogen (secondary N) is 1. The first-order valence-corrected chi connectivity index (χ1v) is 10.7. The monoisotopic (exact) mass is 497 g/mol. The molecule has 2 aliphatic rings. The van der Waals surface area contributed by atoms with Gasteiger partial charge in [0.05, 0.1) is 26.0 Å². The molecule has 33 heavy (non-hydrogen) atoms. The molecule has 4 rings (SSSR count). The van der Waals surface area contributed by atoms with Gasteiger partial charge in [0.15, 0.2) is 11.5 Å². The highest BCUT2D eigenvalue weighted by atomic mass is 35.5. The molecule has 178 valence electrons. The Morgan fingerprint density at radius 2 is 1.85 bits per heavy atom. The van der Waals surface area contributed by atoms with Crippen molar-refractivity contribution in [1.82, 2.24) is 0 Å². The number of ether oxygens (including phenoxy) is 4. The molecular formula is C23H25Cl2NO7. The van der Waals surface area contributed by atoms with Crippen LogP contribution in [0.3, 0.4) is 0 Å². The topological polar surface area (TPSA) is 103 Å². The normalized spacial score (nSPS) is 16.1. The number of carbonyl (C=O) groups is 2. The molecule has 1 unspecified atom stereocenters.